The number of amides is 1. The molecular weight excluding hydrogens is 342 g/mol. The number of hydrogen-bond acceptors (Lipinski definition) is 4. The van der Waals surface area contributed by atoms with Crippen LogP contribution in [0, 0.1) is 11.3 Å². The van der Waals surface area contributed by atoms with Crippen molar-refractivity contribution < 1.29 is 19.2 Å². The van der Waals surface area contributed by atoms with E-state index in [2.05, 4.69) is 18.2 Å². The van der Waals surface area contributed by atoms with Crippen LogP contribution in [0.5, 0.6) is 11.5 Å². The van der Waals surface area contributed by atoms with Crippen LogP contribution in [-0.4, -0.2) is 50.7 Å². The lowest BCUT2D eigenvalue weighted by Gasteiger charge is -2.32. The molecule has 3 rings (SSSR count). The average Bonchev–Trinajstić information content (AvgIpc) is 2.73. The van der Waals surface area contributed by atoms with Crippen LogP contribution < -0.4 is 14.4 Å². The zero-order chi connectivity index (χ0) is 19.1. The highest BCUT2D eigenvalue weighted by atomic mass is 16.5. The highest BCUT2D eigenvalue weighted by molar-refractivity contribution is 5.77. The number of para-hydroxylation sites is 1. The van der Waals surface area contributed by atoms with Gasteiger partial charge >= 0.3 is 0 Å². The maximum Gasteiger partial charge on any atom is 0.260 e. The molecule has 0 radical (unpaired) electrons. The second-order valence-electron chi connectivity index (χ2n) is 6.55. The van der Waals surface area contributed by atoms with Gasteiger partial charge in [0.25, 0.3) is 5.91 Å². The van der Waals surface area contributed by atoms with E-state index in [1.807, 2.05) is 17.0 Å². The Morgan fingerprint density at radius 3 is 2.52 bits per heavy atom. The van der Waals surface area contributed by atoms with Crippen molar-refractivity contribution in [3.05, 3.63) is 59.7 Å². The Morgan fingerprint density at radius 1 is 1.15 bits per heavy atom. The molecule has 0 bridgehead atoms. The quantitative estimate of drug-likeness (QED) is 0.824. The number of carbonyl (C=O) groups excluding carboxylic acids is 1. The van der Waals surface area contributed by atoms with E-state index in [0.29, 0.717) is 24.4 Å². The summed E-state index contributed by atoms with van der Waals surface area (Å²) in [5.41, 5.74) is 1.71. The average molecular weight is 366 g/mol. The first-order chi connectivity index (χ1) is 13.2. The summed E-state index contributed by atoms with van der Waals surface area (Å²) in [6.45, 7) is 4.16. The standard InChI is InChI=1S/C21H23N3O3/c1-26-19-8-6-17(7-9-19)15-23-10-12-24(13-11-23)21(25)16-27-20-5-3-2-4-18(20)14-22/h2-9H,10-13,15-16H2,1H3/p+1. The molecule has 1 N–H and O–H groups in total. The van der Waals surface area contributed by atoms with Crippen LogP contribution in [0.15, 0.2) is 48.5 Å². The molecule has 1 heterocycles. The topological polar surface area (TPSA) is 67.0 Å². The Kier molecular flexibility index (Phi) is 6.29. The molecule has 0 aromatic heterocycles. The van der Waals surface area contributed by atoms with Gasteiger partial charge in [-0.05, 0) is 36.4 Å². The Morgan fingerprint density at radius 2 is 1.85 bits per heavy atom. The van der Waals surface area contributed by atoms with E-state index in [0.717, 1.165) is 25.4 Å². The Balaban J connectivity index is 1.45. The van der Waals surface area contributed by atoms with Gasteiger partial charge in [0.05, 0.1) is 38.9 Å². The SMILES string of the molecule is COc1ccc(C[NH+]2CCN(C(=O)COc3ccccc3C#N)CC2)cc1. The minimum absolute atomic E-state index is 0.0352. The zero-order valence-electron chi connectivity index (χ0n) is 15.5. The molecule has 1 fully saturated rings. The largest absolute Gasteiger partial charge is 0.497 e. The van der Waals surface area contributed by atoms with Crippen LogP contribution in [0.1, 0.15) is 11.1 Å². The fraction of sp³-hybridized carbons (Fsp3) is 0.333. The maximum absolute atomic E-state index is 12.4. The lowest BCUT2D eigenvalue weighted by atomic mass is 10.2. The molecule has 1 aliphatic heterocycles. The second-order valence-corrected chi connectivity index (χ2v) is 6.55. The van der Waals surface area contributed by atoms with Crippen LogP contribution in [0.25, 0.3) is 0 Å². The number of nitrogens with zero attached hydrogens (tertiary/aromatic N) is 2. The number of nitriles is 1. The van der Waals surface area contributed by atoms with Gasteiger partial charge in [0.15, 0.2) is 6.61 Å². The van der Waals surface area contributed by atoms with Gasteiger partial charge in [-0.3, -0.25) is 4.79 Å². The van der Waals surface area contributed by atoms with Gasteiger partial charge in [0.2, 0.25) is 0 Å². The molecule has 27 heavy (non-hydrogen) atoms. The molecule has 1 aliphatic rings. The number of ether oxygens (including phenoxy) is 2. The lowest BCUT2D eigenvalue weighted by molar-refractivity contribution is -0.917. The van der Waals surface area contributed by atoms with E-state index in [4.69, 9.17) is 14.7 Å². The molecule has 2 aromatic rings. The molecule has 6 heteroatoms. The smallest absolute Gasteiger partial charge is 0.260 e. The zero-order valence-corrected chi connectivity index (χ0v) is 15.5. The predicted octanol–water partition coefficient (Wildman–Crippen LogP) is 0.873. The highest BCUT2D eigenvalue weighted by Crippen LogP contribution is 2.16. The maximum atomic E-state index is 12.4. The number of methoxy groups -OCH3 is 1. The summed E-state index contributed by atoms with van der Waals surface area (Å²) in [5, 5.41) is 9.08. The fourth-order valence-corrected chi connectivity index (χ4v) is 3.20. The first kappa shape index (κ1) is 18.7. The number of hydrogen-bond donors (Lipinski definition) is 1. The van der Waals surface area contributed by atoms with E-state index in [1.165, 1.54) is 10.5 Å². The van der Waals surface area contributed by atoms with E-state index >= 15 is 0 Å². The monoisotopic (exact) mass is 366 g/mol. The number of piperazine rings is 1. The summed E-state index contributed by atoms with van der Waals surface area (Å²) in [5.74, 6) is 1.28. The normalized spacial score (nSPS) is 14.4. The van der Waals surface area contributed by atoms with Gasteiger partial charge in [0, 0.05) is 5.56 Å². The molecule has 0 spiro atoms. The van der Waals surface area contributed by atoms with Crippen LogP contribution in [0.3, 0.4) is 0 Å². The molecule has 6 nitrogen and oxygen atoms in total. The van der Waals surface area contributed by atoms with Gasteiger partial charge in [-0.15, -0.1) is 0 Å². The van der Waals surface area contributed by atoms with Crippen molar-refractivity contribution in [1.82, 2.24) is 4.90 Å². The summed E-state index contributed by atoms with van der Waals surface area (Å²) >= 11 is 0. The molecule has 0 saturated carbocycles. The molecule has 0 atom stereocenters. The highest BCUT2D eigenvalue weighted by Gasteiger charge is 2.24. The van der Waals surface area contributed by atoms with Gasteiger partial charge < -0.3 is 19.3 Å². The van der Waals surface area contributed by atoms with Crippen LogP contribution in [-0.2, 0) is 11.3 Å². The summed E-state index contributed by atoms with van der Waals surface area (Å²) < 4.78 is 10.7. The van der Waals surface area contributed by atoms with Gasteiger partial charge in [-0.25, -0.2) is 0 Å². The Labute approximate surface area is 159 Å². The Hall–Kier alpha value is -3.04. The third-order valence-electron chi connectivity index (χ3n) is 4.80. The minimum atomic E-state index is -0.0359. The number of rotatable bonds is 6. The van der Waals surface area contributed by atoms with E-state index < -0.39 is 0 Å². The molecule has 1 saturated heterocycles. The van der Waals surface area contributed by atoms with Crippen molar-refractivity contribution in [1.29, 1.82) is 5.26 Å². The van der Waals surface area contributed by atoms with Gasteiger partial charge in [0.1, 0.15) is 24.1 Å². The van der Waals surface area contributed by atoms with Gasteiger partial charge in [-0.1, -0.05) is 12.1 Å². The third-order valence-corrected chi connectivity index (χ3v) is 4.80. The lowest BCUT2D eigenvalue weighted by Crippen LogP contribution is -3.13. The van der Waals surface area contributed by atoms with Gasteiger partial charge in [-0.2, -0.15) is 5.26 Å². The van der Waals surface area contributed by atoms with Crippen molar-refractivity contribution in [2.45, 2.75) is 6.54 Å². The summed E-state index contributed by atoms with van der Waals surface area (Å²) in [7, 11) is 1.67. The van der Waals surface area contributed by atoms with E-state index in [1.54, 1.807) is 31.4 Å². The van der Waals surface area contributed by atoms with Crippen molar-refractivity contribution in [2.75, 3.05) is 39.9 Å². The first-order valence-electron chi connectivity index (χ1n) is 9.06. The number of nitrogens with one attached hydrogen (secondary N) is 1. The molecule has 2 aromatic carbocycles. The summed E-state index contributed by atoms with van der Waals surface area (Å²) in [6, 6.07) is 17.2. The van der Waals surface area contributed by atoms with Crippen LogP contribution >= 0.6 is 0 Å². The van der Waals surface area contributed by atoms with Crippen molar-refractivity contribution in [3.8, 4) is 17.6 Å². The predicted molar refractivity (Wildman–Crippen MR) is 101 cm³/mol. The van der Waals surface area contributed by atoms with E-state index in [9.17, 15) is 4.79 Å². The summed E-state index contributed by atoms with van der Waals surface area (Å²) in [4.78, 5) is 15.7. The minimum Gasteiger partial charge on any atom is -0.497 e. The van der Waals surface area contributed by atoms with Crippen LogP contribution in [0.4, 0.5) is 0 Å². The molecule has 0 aliphatic carbocycles. The molecule has 1 amide bonds. The van der Waals surface area contributed by atoms with Crippen molar-refractivity contribution in [3.63, 3.8) is 0 Å². The Bertz CT molecular complexity index is 806. The van der Waals surface area contributed by atoms with Crippen molar-refractivity contribution in [2.24, 2.45) is 0 Å². The number of carbonyl (C=O) groups is 1. The molecule has 0 unspecified atom stereocenters. The van der Waals surface area contributed by atoms with Crippen molar-refractivity contribution >= 4 is 5.91 Å². The second kappa shape index (κ2) is 9.06. The number of benzene rings is 2. The molecular formula is C21H24N3O3+. The van der Waals surface area contributed by atoms with E-state index in [-0.39, 0.29) is 12.5 Å². The van der Waals surface area contributed by atoms with Crippen LogP contribution in [0.2, 0.25) is 0 Å². The molecule has 140 valence electrons. The summed E-state index contributed by atoms with van der Waals surface area (Å²) in [6.07, 6.45) is 0. The fourth-order valence-electron chi connectivity index (χ4n) is 3.20. The third kappa shape index (κ3) is 4.99. The number of quaternary nitrogens is 1. The first-order valence-corrected chi connectivity index (χ1v) is 9.06.